The molecule has 1 spiro atoms. The number of nitrogens with two attached hydrogens (primary N) is 1. The fourth-order valence-electron chi connectivity index (χ4n) is 3.39. The Kier molecular flexibility index (Phi) is 4.35. The second-order valence-corrected chi connectivity index (χ2v) is 6.64. The zero-order chi connectivity index (χ0) is 19.9. The van der Waals surface area contributed by atoms with Crippen LogP contribution in [0.25, 0.3) is 0 Å². The van der Waals surface area contributed by atoms with Crippen LogP contribution in [0.15, 0.2) is 41.4 Å². The van der Waals surface area contributed by atoms with Crippen LogP contribution >= 0.6 is 0 Å². The van der Waals surface area contributed by atoms with Gasteiger partial charge in [0.15, 0.2) is 5.54 Å². The number of benzene rings is 2. The van der Waals surface area contributed by atoms with Crippen LogP contribution in [-0.2, 0) is 19.8 Å². The van der Waals surface area contributed by atoms with Gasteiger partial charge in [0, 0.05) is 23.9 Å². The fraction of sp³-hybridized carbons (Fsp3) is 0.300. The smallest absolute Gasteiger partial charge is 0.283 e. The molecule has 0 aromatic heterocycles. The largest absolute Gasteiger partial charge is 0.497 e. The van der Waals surface area contributed by atoms with Gasteiger partial charge in [-0.15, -0.1) is 0 Å². The summed E-state index contributed by atoms with van der Waals surface area (Å²) in [5.41, 5.74) is 7.12. The summed E-state index contributed by atoms with van der Waals surface area (Å²) in [7, 11) is 3.08. The molecule has 2 atom stereocenters. The van der Waals surface area contributed by atoms with Gasteiger partial charge in [-0.1, -0.05) is 0 Å². The van der Waals surface area contributed by atoms with Crippen LogP contribution in [0.4, 0.5) is 5.69 Å². The van der Waals surface area contributed by atoms with Gasteiger partial charge in [0.2, 0.25) is 0 Å². The predicted molar refractivity (Wildman–Crippen MR) is 103 cm³/mol. The first kappa shape index (κ1) is 18.1. The third kappa shape index (κ3) is 2.82. The average Bonchev–Trinajstić information content (AvgIpc) is 3.10. The average molecular weight is 383 g/mol. The summed E-state index contributed by atoms with van der Waals surface area (Å²) in [5.74, 6) is 1.70. The molecule has 1 amide bonds. The van der Waals surface area contributed by atoms with Crippen LogP contribution in [0.2, 0.25) is 0 Å². The van der Waals surface area contributed by atoms with Gasteiger partial charge < -0.3 is 30.0 Å². The SMILES string of the molecule is COc1ccc2c(c1)[C@]1(COC(N)=N1)c1cc(NC(=O)[C@H](C)OC)ccc1O2. The van der Waals surface area contributed by atoms with Crippen molar-refractivity contribution in [3.63, 3.8) is 0 Å². The molecular formula is C20H21N3O5. The molecule has 8 heteroatoms. The van der Waals surface area contributed by atoms with Crippen molar-refractivity contribution in [1.29, 1.82) is 0 Å². The van der Waals surface area contributed by atoms with Gasteiger partial charge in [-0.3, -0.25) is 4.79 Å². The molecule has 3 N–H and O–H groups in total. The highest BCUT2D eigenvalue weighted by atomic mass is 16.5. The number of nitrogens with one attached hydrogen (secondary N) is 1. The third-order valence-electron chi connectivity index (χ3n) is 5.00. The minimum Gasteiger partial charge on any atom is -0.497 e. The lowest BCUT2D eigenvalue weighted by Crippen LogP contribution is -2.31. The first-order chi connectivity index (χ1) is 13.5. The van der Waals surface area contributed by atoms with Gasteiger partial charge in [-0.25, -0.2) is 4.99 Å². The Morgan fingerprint density at radius 2 is 1.93 bits per heavy atom. The van der Waals surface area contributed by atoms with E-state index in [9.17, 15) is 4.79 Å². The highest BCUT2D eigenvalue weighted by Crippen LogP contribution is 2.52. The quantitative estimate of drug-likeness (QED) is 0.840. The number of nitrogens with zero attached hydrogens (tertiary/aromatic N) is 1. The summed E-state index contributed by atoms with van der Waals surface area (Å²) >= 11 is 0. The number of amidine groups is 1. The Labute approximate surface area is 162 Å². The van der Waals surface area contributed by atoms with Crippen molar-refractivity contribution in [2.75, 3.05) is 26.1 Å². The fourth-order valence-corrected chi connectivity index (χ4v) is 3.39. The third-order valence-corrected chi connectivity index (χ3v) is 5.00. The monoisotopic (exact) mass is 383 g/mol. The van der Waals surface area contributed by atoms with E-state index in [0.717, 1.165) is 11.1 Å². The molecule has 0 radical (unpaired) electrons. The van der Waals surface area contributed by atoms with E-state index < -0.39 is 11.6 Å². The number of rotatable bonds is 4. The van der Waals surface area contributed by atoms with Crippen molar-refractivity contribution in [2.45, 2.75) is 18.6 Å². The van der Waals surface area contributed by atoms with Crippen LogP contribution in [0.1, 0.15) is 18.1 Å². The highest BCUT2D eigenvalue weighted by molar-refractivity contribution is 5.94. The summed E-state index contributed by atoms with van der Waals surface area (Å²) in [6.07, 6.45) is -0.574. The normalized spacial score (nSPS) is 20.3. The molecule has 2 aliphatic heterocycles. The maximum absolute atomic E-state index is 12.2. The second-order valence-electron chi connectivity index (χ2n) is 6.64. The van der Waals surface area contributed by atoms with E-state index in [2.05, 4.69) is 10.3 Å². The lowest BCUT2D eigenvalue weighted by molar-refractivity contribution is -0.124. The number of carbonyl (C=O) groups excluding carboxylic acids is 1. The van der Waals surface area contributed by atoms with Gasteiger partial charge in [0.25, 0.3) is 11.9 Å². The number of methoxy groups -OCH3 is 2. The Balaban J connectivity index is 1.82. The number of aliphatic imine (C=N–C) groups is 1. The first-order valence-electron chi connectivity index (χ1n) is 8.79. The number of anilines is 1. The molecule has 0 saturated heterocycles. The molecule has 0 bridgehead atoms. The van der Waals surface area contributed by atoms with Crippen molar-refractivity contribution < 1.29 is 23.7 Å². The minimum absolute atomic E-state index is 0.101. The number of ether oxygens (including phenoxy) is 4. The van der Waals surface area contributed by atoms with E-state index in [-0.39, 0.29) is 18.5 Å². The molecule has 0 aliphatic carbocycles. The Morgan fingerprint density at radius 3 is 2.57 bits per heavy atom. The zero-order valence-corrected chi connectivity index (χ0v) is 15.8. The van der Waals surface area contributed by atoms with Gasteiger partial charge in [-0.05, 0) is 43.3 Å². The number of carbonyl (C=O) groups is 1. The molecule has 8 nitrogen and oxygen atoms in total. The lowest BCUT2D eigenvalue weighted by Gasteiger charge is -2.33. The molecule has 0 saturated carbocycles. The van der Waals surface area contributed by atoms with Crippen molar-refractivity contribution in [1.82, 2.24) is 0 Å². The van der Waals surface area contributed by atoms with Crippen LogP contribution in [0, 0.1) is 0 Å². The number of amides is 1. The summed E-state index contributed by atoms with van der Waals surface area (Å²) < 4.78 is 22.0. The van der Waals surface area contributed by atoms with E-state index in [1.807, 2.05) is 24.3 Å². The van der Waals surface area contributed by atoms with E-state index in [0.29, 0.717) is 22.9 Å². The Hall–Kier alpha value is -3.26. The summed E-state index contributed by atoms with van der Waals surface area (Å²) in [5, 5.41) is 2.84. The molecule has 2 aromatic carbocycles. The number of hydrogen-bond donors (Lipinski definition) is 2. The van der Waals surface area contributed by atoms with E-state index in [4.69, 9.17) is 24.7 Å². The van der Waals surface area contributed by atoms with Gasteiger partial charge in [0.05, 0.1) is 7.11 Å². The highest BCUT2D eigenvalue weighted by Gasteiger charge is 2.47. The van der Waals surface area contributed by atoms with Gasteiger partial charge in [0.1, 0.15) is 30.0 Å². The molecule has 0 fully saturated rings. The van der Waals surface area contributed by atoms with Crippen LogP contribution in [-0.4, -0.2) is 38.9 Å². The van der Waals surface area contributed by atoms with Crippen LogP contribution in [0.5, 0.6) is 17.2 Å². The van der Waals surface area contributed by atoms with E-state index >= 15 is 0 Å². The molecule has 2 aromatic rings. The van der Waals surface area contributed by atoms with Gasteiger partial charge in [-0.2, -0.15) is 0 Å². The molecule has 2 heterocycles. The Morgan fingerprint density at radius 1 is 1.21 bits per heavy atom. The maximum Gasteiger partial charge on any atom is 0.283 e. The van der Waals surface area contributed by atoms with Crippen molar-refractivity contribution in [2.24, 2.45) is 10.7 Å². The Bertz CT molecular complexity index is 974. The molecular weight excluding hydrogens is 362 g/mol. The molecule has 4 rings (SSSR count). The van der Waals surface area contributed by atoms with Crippen molar-refractivity contribution in [3.8, 4) is 17.2 Å². The molecule has 28 heavy (non-hydrogen) atoms. The molecule has 0 unspecified atom stereocenters. The van der Waals surface area contributed by atoms with E-state index in [1.165, 1.54) is 7.11 Å². The minimum atomic E-state index is -0.880. The maximum atomic E-state index is 12.2. The van der Waals surface area contributed by atoms with Crippen molar-refractivity contribution >= 4 is 17.6 Å². The van der Waals surface area contributed by atoms with Crippen LogP contribution in [0.3, 0.4) is 0 Å². The standard InChI is InChI=1S/C20H21N3O5/c1-11(25-2)18(24)22-12-4-6-16-14(8-12)20(10-27-19(21)23-20)15-9-13(26-3)5-7-17(15)28-16/h4-9,11H,10H2,1-3H3,(H2,21,23)(H,22,24)/t11-,20-/m0/s1. The van der Waals surface area contributed by atoms with E-state index in [1.54, 1.807) is 26.2 Å². The molecule has 146 valence electrons. The second kappa shape index (κ2) is 6.72. The van der Waals surface area contributed by atoms with Gasteiger partial charge >= 0.3 is 0 Å². The zero-order valence-electron chi connectivity index (χ0n) is 15.8. The topological polar surface area (TPSA) is 104 Å². The first-order valence-corrected chi connectivity index (χ1v) is 8.79. The summed E-state index contributed by atoms with van der Waals surface area (Å²) in [6.45, 7) is 1.90. The predicted octanol–water partition coefficient (Wildman–Crippen LogP) is 2.36. The molecule has 2 aliphatic rings. The number of hydrogen-bond acceptors (Lipinski definition) is 7. The summed E-state index contributed by atoms with van der Waals surface area (Å²) in [6, 6.07) is 11.0. The lowest BCUT2D eigenvalue weighted by atomic mass is 9.81. The van der Waals surface area contributed by atoms with Crippen LogP contribution < -0.4 is 20.5 Å². The number of fused-ring (bicyclic) bond motifs is 4. The van der Waals surface area contributed by atoms with Crippen molar-refractivity contribution in [3.05, 3.63) is 47.5 Å². The summed E-state index contributed by atoms with van der Waals surface area (Å²) in [4.78, 5) is 16.8.